The molecule has 0 aliphatic rings. The van der Waals surface area contributed by atoms with Crippen LogP contribution in [0, 0.1) is 0 Å². The van der Waals surface area contributed by atoms with Crippen molar-refractivity contribution in [2.75, 3.05) is 24.6 Å². The van der Waals surface area contributed by atoms with Crippen LogP contribution < -0.4 is 5.73 Å². The molecule has 0 heterocycles. The van der Waals surface area contributed by atoms with E-state index in [0.717, 1.165) is 6.54 Å². The summed E-state index contributed by atoms with van der Waals surface area (Å²) in [5.74, 6) is -0.313. The molecule has 0 radical (unpaired) electrons. The van der Waals surface area contributed by atoms with E-state index >= 15 is 0 Å². The molecular formula is C10H21IN2O2. The average molecular weight is 328 g/mol. The third-order valence-corrected chi connectivity index (χ3v) is 3.23. The van der Waals surface area contributed by atoms with E-state index in [4.69, 9.17) is 10.5 Å². The molecule has 0 bridgehead atoms. The van der Waals surface area contributed by atoms with E-state index < -0.39 is 6.04 Å². The average Bonchev–Trinajstić information content (AvgIpc) is 2.14. The molecular weight excluding hydrogens is 307 g/mol. The van der Waals surface area contributed by atoms with E-state index in [-0.39, 0.29) is 11.5 Å². The molecule has 0 fully saturated rings. The van der Waals surface area contributed by atoms with Crippen molar-refractivity contribution in [3.63, 3.8) is 0 Å². The maximum atomic E-state index is 11.2. The number of nitrogens with zero attached hydrogens (tertiary/aromatic N) is 1. The summed E-state index contributed by atoms with van der Waals surface area (Å²) in [6.45, 7) is 7.47. The van der Waals surface area contributed by atoms with Crippen molar-refractivity contribution in [2.24, 2.45) is 5.73 Å². The first-order valence-electron chi connectivity index (χ1n) is 4.98. The van der Waals surface area contributed by atoms with E-state index in [2.05, 4.69) is 48.3 Å². The third kappa shape index (κ3) is 6.32. The fourth-order valence-corrected chi connectivity index (χ4v) is 1.15. The summed E-state index contributed by atoms with van der Waals surface area (Å²) >= 11 is 2.07. The lowest BCUT2D eigenvalue weighted by atomic mass is 10.1. The van der Waals surface area contributed by atoms with Gasteiger partial charge in [-0.1, -0.05) is 22.6 Å². The molecule has 90 valence electrons. The number of carbonyl (C=O) groups is 1. The Morgan fingerprint density at radius 2 is 2.07 bits per heavy atom. The van der Waals surface area contributed by atoms with Crippen molar-refractivity contribution in [1.82, 2.24) is 4.90 Å². The largest absolute Gasteiger partial charge is 0.463 e. The van der Waals surface area contributed by atoms with Crippen LogP contribution in [-0.2, 0) is 9.53 Å². The number of carbonyl (C=O) groups excluding carboxylic acids is 1. The second-order valence-corrected chi connectivity index (χ2v) is 5.40. The van der Waals surface area contributed by atoms with E-state index in [9.17, 15) is 4.79 Å². The number of alkyl halides is 1. The molecule has 1 atom stereocenters. The van der Waals surface area contributed by atoms with E-state index in [0.29, 0.717) is 11.0 Å². The Bertz CT molecular complexity index is 204. The lowest BCUT2D eigenvalue weighted by Gasteiger charge is -2.31. The number of hydrogen-bond acceptors (Lipinski definition) is 4. The SMILES string of the molecule is CN(CCOC(=O)C(N)CI)C(C)(C)C. The third-order valence-electron chi connectivity index (χ3n) is 2.29. The van der Waals surface area contributed by atoms with Crippen molar-refractivity contribution in [3.8, 4) is 0 Å². The minimum absolute atomic E-state index is 0.0950. The van der Waals surface area contributed by atoms with Crippen LogP contribution in [0.25, 0.3) is 0 Å². The van der Waals surface area contributed by atoms with Crippen molar-refractivity contribution < 1.29 is 9.53 Å². The number of esters is 1. The summed E-state index contributed by atoms with van der Waals surface area (Å²) in [7, 11) is 2.01. The Morgan fingerprint density at radius 1 is 1.53 bits per heavy atom. The van der Waals surface area contributed by atoms with E-state index in [1.807, 2.05) is 7.05 Å². The Kier molecular flexibility index (Phi) is 6.70. The molecule has 0 saturated carbocycles. The van der Waals surface area contributed by atoms with E-state index in [1.54, 1.807) is 0 Å². The first-order chi connectivity index (χ1) is 6.79. The van der Waals surface area contributed by atoms with Crippen LogP contribution in [0.15, 0.2) is 0 Å². The van der Waals surface area contributed by atoms with Crippen LogP contribution in [-0.4, -0.2) is 47.1 Å². The van der Waals surface area contributed by atoms with Gasteiger partial charge < -0.3 is 10.5 Å². The van der Waals surface area contributed by atoms with Gasteiger partial charge in [0.25, 0.3) is 0 Å². The van der Waals surface area contributed by atoms with Gasteiger partial charge in [-0.3, -0.25) is 9.69 Å². The Morgan fingerprint density at radius 3 is 2.47 bits per heavy atom. The summed E-state index contributed by atoms with van der Waals surface area (Å²) in [6.07, 6.45) is 0. The molecule has 0 aromatic rings. The molecule has 2 N–H and O–H groups in total. The second-order valence-electron chi connectivity index (χ2n) is 4.52. The number of rotatable bonds is 5. The summed E-state index contributed by atoms with van der Waals surface area (Å²) in [5, 5.41) is 0. The molecule has 15 heavy (non-hydrogen) atoms. The first kappa shape index (κ1) is 15.1. The molecule has 0 saturated heterocycles. The highest BCUT2D eigenvalue weighted by molar-refractivity contribution is 14.1. The van der Waals surface area contributed by atoms with Gasteiger partial charge in [0.2, 0.25) is 0 Å². The molecule has 0 aliphatic heterocycles. The zero-order valence-corrected chi connectivity index (χ0v) is 12.1. The number of likely N-dealkylation sites (N-methyl/N-ethyl adjacent to an activating group) is 1. The van der Waals surface area contributed by atoms with Crippen molar-refractivity contribution in [2.45, 2.75) is 32.4 Å². The van der Waals surface area contributed by atoms with Crippen LogP contribution >= 0.6 is 22.6 Å². The molecule has 0 amide bonds. The highest BCUT2D eigenvalue weighted by Crippen LogP contribution is 2.09. The summed E-state index contributed by atoms with van der Waals surface area (Å²) in [5.41, 5.74) is 5.62. The molecule has 0 rings (SSSR count). The van der Waals surface area contributed by atoms with Gasteiger partial charge in [0.1, 0.15) is 12.6 Å². The first-order valence-corrected chi connectivity index (χ1v) is 6.51. The molecule has 5 heteroatoms. The van der Waals surface area contributed by atoms with Gasteiger partial charge in [0.15, 0.2) is 0 Å². The molecule has 0 aromatic heterocycles. The maximum Gasteiger partial charge on any atom is 0.323 e. The Balaban J connectivity index is 3.76. The lowest BCUT2D eigenvalue weighted by Crippen LogP contribution is -2.41. The van der Waals surface area contributed by atoms with Gasteiger partial charge in [0.05, 0.1) is 0 Å². The standard InChI is InChI=1S/C10H21IN2O2/c1-10(2,3)13(4)5-6-15-9(14)8(12)7-11/h8H,5-7,12H2,1-4H3. The predicted molar refractivity (Wildman–Crippen MR) is 70.2 cm³/mol. The number of ether oxygens (including phenoxy) is 1. The second kappa shape index (κ2) is 6.65. The molecule has 1 unspecified atom stereocenters. The summed E-state index contributed by atoms with van der Waals surface area (Å²) < 4.78 is 5.64. The van der Waals surface area contributed by atoms with Gasteiger partial charge in [0, 0.05) is 16.5 Å². The van der Waals surface area contributed by atoms with Crippen LogP contribution in [0.1, 0.15) is 20.8 Å². The molecule has 0 aliphatic carbocycles. The predicted octanol–water partition coefficient (Wildman–Crippen LogP) is 1.02. The molecule has 0 spiro atoms. The highest BCUT2D eigenvalue weighted by Gasteiger charge is 2.18. The fourth-order valence-electron chi connectivity index (χ4n) is 0.789. The fraction of sp³-hybridized carbons (Fsp3) is 0.900. The topological polar surface area (TPSA) is 55.6 Å². The Labute approximate surface area is 106 Å². The van der Waals surface area contributed by atoms with Crippen molar-refractivity contribution >= 4 is 28.6 Å². The summed E-state index contributed by atoms with van der Waals surface area (Å²) in [4.78, 5) is 13.4. The molecule has 4 nitrogen and oxygen atoms in total. The Hall–Kier alpha value is 0.120. The van der Waals surface area contributed by atoms with Crippen LogP contribution in [0.5, 0.6) is 0 Å². The van der Waals surface area contributed by atoms with Crippen LogP contribution in [0.4, 0.5) is 0 Å². The molecule has 0 aromatic carbocycles. The van der Waals surface area contributed by atoms with Crippen molar-refractivity contribution in [3.05, 3.63) is 0 Å². The smallest absolute Gasteiger partial charge is 0.323 e. The van der Waals surface area contributed by atoms with Gasteiger partial charge in [-0.15, -0.1) is 0 Å². The number of nitrogens with two attached hydrogens (primary N) is 1. The minimum atomic E-state index is -0.495. The maximum absolute atomic E-state index is 11.2. The lowest BCUT2D eigenvalue weighted by molar-refractivity contribution is -0.145. The van der Waals surface area contributed by atoms with Gasteiger partial charge in [-0.2, -0.15) is 0 Å². The van der Waals surface area contributed by atoms with Gasteiger partial charge in [-0.05, 0) is 27.8 Å². The number of halogens is 1. The highest BCUT2D eigenvalue weighted by atomic mass is 127. The van der Waals surface area contributed by atoms with Crippen LogP contribution in [0.2, 0.25) is 0 Å². The zero-order chi connectivity index (χ0) is 12.1. The zero-order valence-electron chi connectivity index (χ0n) is 9.92. The minimum Gasteiger partial charge on any atom is -0.463 e. The van der Waals surface area contributed by atoms with E-state index in [1.165, 1.54) is 0 Å². The van der Waals surface area contributed by atoms with Crippen LogP contribution in [0.3, 0.4) is 0 Å². The monoisotopic (exact) mass is 328 g/mol. The quantitative estimate of drug-likeness (QED) is 0.465. The van der Waals surface area contributed by atoms with Gasteiger partial charge in [-0.25, -0.2) is 0 Å². The van der Waals surface area contributed by atoms with Crippen molar-refractivity contribution in [1.29, 1.82) is 0 Å². The normalized spacial score (nSPS) is 14.1. The number of hydrogen-bond donors (Lipinski definition) is 1. The van der Waals surface area contributed by atoms with Gasteiger partial charge >= 0.3 is 5.97 Å². The summed E-state index contributed by atoms with van der Waals surface area (Å²) in [6, 6.07) is -0.495.